The van der Waals surface area contributed by atoms with Gasteiger partial charge >= 0.3 is 5.69 Å². The average molecular weight is 240 g/mol. The Morgan fingerprint density at radius 3 is 2.76 bits per heavy atom. The number of nitrogens with one attached hydrogen (secondary N) is 1. The highest BCUT2D eigenvalue weighted by Crippen LogP contribution is 2.03. The number of aliphatic hydroxyl groups is 1. The van der Waals surface area contributed by atoms with Gasteiger partial charge in [0.15, 0.2) is 0 Å². The van der Waals surface area contributed by atoms with Crippen LogP contribution in [-0.4, -0.2) is 27.9 Å². The Morgan fingerprint density at radius 1 is 1.47 bits per heavy atom. The Kier molecular flexibility index (Phi) is 4.86. The van der Waals surface area contributed by atoms with Crippen LogP contribution in [0.5, 0.6) is 0 Å². The number of hydrogen-bond donors (Lipinski definition) is 2. The second kappa shape index (κ2) is 6.17. The molecule has 0 aliphatic carbocycles. The minimum Gasteiger partial charge on any atom is -0.394 e. The molecule has 0 aliphatic rings. The summed E-state index contributed by atoms with van der Waals surface area (Å²) in [4.78, 5) is 25.3. The molecule has 0 fully saturated rings. The van der Waals surface area contributed by atoms with Gasteiger partial charge in [-0.25, -0.2) is 4.79 Å². The quantitative estimate of drug-likeness (QED) is 0.701. The summed E-state index contributed by atoms with van der Waals surface area (Å²) in [6.45, 7) is 3.45. The summed E-state index contributed by atoms with van der Waals surface area (Å²) >= 11 is 0. The number of hydrogen-bond acceptors (Lipinski definition) is 4. The maximum Gasteiger partial charge on any atom is 0.330 e. The molecule has 0 spiro atoms. The highest BCUT2D eigenvalue weighted by Gasteiger charge is 2.08. The molecular formula is C11H16N2O4. The van der Waals surface area contributed by atoms with Crippen LogP contribution in [-0.2, 0) is 11.5 Å². The van der Waals surface area contributed by atoms with Crippen LogP contribution in [0.1, 0.15) is 18.2 Å². The van der Waals surface area contributed by atoms with Gasteiger partial charge in [-0.3, -0.25) is 14.3 Å². The van der Waals surface area contributed by atoms with Gasteiger partial charge in [-0.15, -0.1) is 0 Å². The first-order valence-corrected chi connectivity index (χ1v) is 5.26. The van der Waals surface area contributed by atoms with E-state index in [0.717, 1.165) is 0 Å². The van der Waals surface area contributed by atoms with Crippen molar-refractivity contribution in [2.24, 2.45) is 0 Å². The van der Waals surface area contributed by atoms with Crippen molar-refractivity contribution in [2.45, 2.75) is 20.6 Å². The molecule has 0 bridgehead atoms. The molecule has 0 saturated carbocycles. The zero-order valence-corrected chi connectivity index (χ0v) is 9.90. The number of ether oxygens (including phenoxy) is 1. The van der Waals surface area contributed by atoms with E-state index in [4.69, 9.17) is 9.84 Å². The fraction of sp³-hybridized carbons (Fsp3) is 0.455. The van der Waals surface area contributed by atoms with E-state index < -0.39 is 11.2 Å². The van der Waals surface area contributed by atoms with Gasteiger partial charge in [0.05, 0.1) is 18.9 Å². The molecule has 0 aromatic carbocycles. The standard InChI is InChI=1S/C11H16N2O4/c1-3-4-9-8(2)10(15)12-11(16)13(9)7-17-6-5-14/h3-4,14H,5-7H2,1-2H3,(H,12,15,16). The summed E-state index contributed by atoms with van der Waals surface area (Å²) in [5, 5.41) is 8.60. The summed E-state index contributed by atoms with van der Waals surface area (Å²) < 4.78 is 6.40. The number of nitrogens with zero attached hydrogens (tertiary/aromatic N) is 1. The number of H-pyrrole nitrogens is 1. The van der Waals surface area contributed by atoms with Gasteiger partial charge in [0.25, 0.3) is 5.56 Å². The first-order valence-electron chi connectivity index (χ1n) is 5.26. The van der Waals surface area contributed by atoms with Crippen LogP contribution in [0.3, 0.4) is 0 Å². The fourth-order valence-electron chi connectivity index (χ4n) is 1.41. The Hall–Kier alpha value is -1.66. The molecule has 0 aliphatic heterocycles. The van der Waals surface area contributed by atoms with E-state index >= 15 is 0 Å². The highest BCUT2D eigenvalue weighted by molar-refractivity contribution is 5.48. The van der Waals surface area contributed by atoms with Gasteiger partial charge in [-0.2, -0.15) is 0 Å². The van der Waals surface area contributed by atoms with Crippen molar-refractivity contribution in [1.29, 1.82) is 0 Å². The van der Waals surface area contributed by atoms with Crippen LogP contribution >= 0.6 is 0 Å². The van der Waals surface area contributed by atoms with Crippen molar-refractivity contribution < 1.29 is 9.84 Å². The molecule has 0 radical (unpaired) electrons. The van der Waals surface area contributed by atoms with Crippen LogP contribution in [0.15, 0.2) is 15.7 Å². The molecule has 1 rings (SSSR count). The van der Waals surface area contributed by atoms with Crippen LogP contribution in [0.25, 0.3) is 6.08 Å². The van der Waals surface area contributed by atoms with E-state index in [2.05, 4.69) is 4.98 Å². The Labute approximate surface area is 98.2 Å². The monoisotopic (exact) mass is 240 g/mol. The molecule has 2 N–H and O–H groups in total. The zero-order chi connectivity index (χ0) is 12.8. The summed E-state index contributed by atoms with van der Waals surface area (Å²) in [6.07, 6.45) is 3.41. The Balaban J connectivity index is 3.21. The molecule has 0 amide bonds. The third kappa shape index (κ3) is 3.15. The summed E-state index contributed by atoms with van der Waals surface area (Å²) in [5.74, 6) is 0. The second-order valence-corrected chi connectivity index (χ2v) is 3.46. The summed E-state index contributed by atoms with van der Waals surface area (Å²) in [6, 6.07) is 0. The number of rotatable bonds is 5. The van der Waals surface area contributed by atoms with E-state index in [1.165, 1.54) is 4.57 Å². The lowest BCUT2D eigenvalue weighted by atomic mass is 10.2. The average Bonchev–Trinajstić information content (AvgIpc) is 2.30. The first-order chi connectivity index (χ1) is 8.11. The van der Waals surface area contributed by atoms with Crippen molar-refractivity contribution in [3.63, 3.8) is 0 Å². The molecule has 17 heavy (non-hydrogen) atoms. The van der Waals surface area contributed by atoms with Crippen LogP contribution in [0.2, 0.25) is 0 Å². The van der Waals surface area contributed by atoms with Crippen molar-refractivity contribution in [1.82, 2.24) is 9.55 Å². The van der Waals surface area contributed by atoms with E-state index in [1.54, 1.807) is 26.0 Å². The molecule has 1 aromatic heterocycles. The molecule has 1 aromatic rings. The molecule has 1 heterocycles. The largest absolute Gasteiger partial charge is 0.394 e. The fourth-order valence-corrected chi connectivity index (χ4v) is 1.41. The normalized spacial score (nSPS) is 11.2. The number of allylic oxidation sites excluding steroid dienone is 1. The lowest BCUT2D eigenvalue weighted by Gasteiger charge is -2.11. The van der Waals surface area contributed by atoms with Crippen molar-refractivity contribution in [2.75, 3.05) is 13.2 Å². The van der Waals surface area contributed by atoms with E-state index in [1.807, 2.05) is 0 Å². The van der Waals surface area contributed by atoms with Gasteiger partial charge in [-0.1, -0.05) is 6.08 Å². The maximum atomic E-state index is 11.6. The second-order valence-electron chi connectivity index (χ2n) is 3.46. The van der Waals surface area contributed by atoms with E-state index in [9.17, 15) is 9.59 Å². The molecule has 6 heteroatoms. The molecule has 94 valence electrons. The van der Waals surface area contributed by atoms with Crippen LogP contribution < -0.4 is 11.2 Å². The third-order valence-corrected chi connectivity index (χ3v) is 2.26. The Bertz CT molecular complexity index is 513. The van der Waals surface area contributed by atoms with E-state index in [-0.39, 0.29) is 19.9 Å². The first kappa shape index (κ1) is 13.4. The Morgan fingerprint density at radius 2 is 2.18 bits per heavy atom. The van der Waals surface area contributed by atoms with Gasteiger partial charge in [0, 0.05) is 5.56 Å². The van der Waals surface area contributed by atoms with Gasteiger partial charge in [0.1, 0.15) is 6.73 Å². The summed E-state index contributed by atoms with van der Waals surface area (Å²) in [7, 11) is 0. The van der Waals surface area contributed by atoms with Crippen molar-refractivity contribution in [3.05, 3.63) is 38.2 Å². The van der Waals surface area contributed by atoms with Gasteiger partial charge < -0.3 is 9.84 Å². The number of aliphatic hydroxyl groups excluding tert-OH is 1. The molecular weight excluding hydrogens is 224 g/mol. The lowest BCUT2D eigenvalue weighted by molar-refractivity contribution is 0.0452. The van der Waals surface area contributed by atoms with Gasteiger partial charge in [-0.05, 0) is 19.9 Å². The van der Waals surface area contributed by atoms with Crippen LogP contribution in [0.4, 0.5) is 0 Å². The molecule has 0 unspecified atom stereocenters. The SMILES string of the molecule is CC=Cc1c(C)c(=O)[nH]c(=O)n1COCCO. The third-order valence-electron chi connectivity index (χ3n) is 2.26. The summed E-state index contributed by atoms with van der Waals surface area (Å²) in [5.41, 5.74) is 0.0441. The number of aromatic nitrogens is 2. The smallest absolute Gasteiger partial charge is 0.330 e. The molecule has 6 nitrogen and oxygen atoms in total. The predicted molar refractivity (Wildman–Crippen MR) is 63.8 cm³/mol. The maximum absolute atomic E-state index is 11.6. The van der Waals surface area contributed by atoms with E-state index in [0.29, 0.717) is 11.3 Å². The highest BCUT2D eigenvalue weighted by atomic mass is 16.5. The minimum absolute atomic E-state index is 0.00329. The van der Waals surface area contributed by atoms with Crippen molar-refractivity contribution in [3.8, 4) is 0 Å². The topological polar surface area (TPSA) is 84.3 Å². The molecule has 0 atom stereocenters. The zero-order valence-electron chi connectivity index (χ0n) is 9.90. The number of aromatic amines is 1. The van der Waals surface area contributed by atoms with Gasteiger partial charge in [0.2, 0.25) is 0 Å². The molecule has 0 saturated heterocycles. The predicted octanol–water partition coefficient (Wildman–Crippen LogP) is -0.155. The lowest BCUT2D eigenvalue weighted by Crippen LogP contribution is -2.34. The van der Waals surface area contributed by atoms with Crippen LogP contribution in [0, 0.1) is 6.92 Å². The minimum atomic E-state index is -0.522. The van der Waals surface area contributed by atoms with Crippen molar-refractivity contribution >= 4 is 6.08 Å².